The first kappa shape index (κ1) is 14.4. The van der Waals surface area contributed by atoms with Gasteiger partial charge < -0.3 is 4.90 Å². The van der Waals surface area contributed by atoms with Crippen molar-refractivity contribution in [2.24, 2.45) is 0 Å². The summed E-state index contributed by atoms with van der Waals surface area (Å²) in [5, 5.41) is 7.19. The Balaban J connectivity index is 1.48. The second-order valence-corrected chi connectivity index (χ2v) is 6.33. The van der Waals surface area contributed by atoms with E-state index < -0.39 is 0 Å². The third kappa shape index (κ3) is 2.63. The molecule has 0 unspecified atom stereocenters. The van der Waals surface area contributed by atoms with Crippen LogP contribution in [0.5, 0.6) is 0 Å². The predicted molar refractivity (Wildman–Crippen MR) is 87.2 cm³/mol. The smallest absolute Gasteiger partial charge is 0.241 e. The maximum Gasteiger partial charge on any atom is 0.241 e. The van der Waals surface area contributed by atoms with E-state index in [1.165, 1.54) is 5.56 Å². The first-order valence-electron chi connectivity index (χ1n) is 8.23. The molecule has 1 N–H and O–H groups in total. The predicted octanol–water partition coefficient (Wildman–Crippen LogP) is 1.84. The zero-order chi connectivity index (χ0) is 15.8. The van der Waals surface area contributed by atoms with Crippen molar-refractivity contribution in [3.63, 3.8) is 0 Å². The highest BCUT2D eigenvalue weighted by Gasteiger charge is 2.33. The molecule has 1 atom stereocenters. The Bertz CT molecular complexity index is 725. The molecule has 2 aliphatic rings. The Kier molecular flexibility index (Phi) is 3.61. The van der Waals surface area contributed by atoms with Gasteiger partial charge in [0, 0.05) is 12.2 Å². The van der Waals surface area contributed by atoms with Crippen LogP contribution in [0.3, 0.4) is 0 Å². The van der Waals surface area contributed by atoms with E-state index in [4.69, 9.17) is 0 Å². The van der Waals surface area contributed by atoms with Crippen LogP contribution in [-0.2, 0) is 11.2 Å². The average Bonchev–Trinajstić information content (AvgIpc) is 3.25. The SMILES string of the molecule is Cc1nc([C@@H]2CCCN2CC(=O)N2CCc3ccccc32)n[nH]1. The summed E-state index contributed by atoms with van der Waals surface area (Å²) < 4.78 is 0. The Morgan fingerprint density at radius 3 is 3.04 bits per heavy atom. The number of fused-ring (bicyclic) bond motifs is 1. The van der Waals surface area contributed by atoms with Gasteiger partial charge >= 0.3 is 0 Å². The fourth-order valence-corrected chi connectivity index (χ4v) is 3.67. The molecule has 1 amide bonds. The summed E-state index contributed by atoms with van der Waals surface area (Å²) in [4.78, 5) is 21.4. The Hall–Kier alpha value is -2.21. The van der Waals surface area contributed by atoms with Crippen LogP contribution in [-0.4, -0.2) is 45.6 Å². The number of likely N-dealkylation sites (tertiary alicyclic amines) is 1. The summed E-state index contributed by atoms with van der Waals surface area (Å²) in [6.07, 6.45) is 3.05. The number of nitrogens with zero attached hydrogens (tertiary/aromatic N) is 4. The molecule has 1 fully saturated rings. The van der Waals surface area contributed by atoms with Crippen LogP contribution in [0.25, 0.3) is 0 Å². The quantitative estimate of drug-likeness (QED) is 0.939. The fourth-order valence-electron chi connectivity index (χ4n) is 3.67. The van der Waals surface area contributed by atoms with Gasteiger partial charge in [0.1, 0.15) is 5.82 Å². The van der Waals surface area contributed by atoms with Crippen molar-refractivity contribution in [3.8, 4) is 0 Å². The van der Waals surface area contributed by atoms with E-state index in [0.29, 0.717) is 6.54 Å². The van der Waals surface area contributed by atoms with E-state index in [1.54, 1.807) is 0 Å². The first-order chi connectivity index (χ1) is 11.2. The van der Waals surface area contributed by atoms with E-state index >= 15 is 0 Å². The van der Waals surface area contributed by atoms with Gasteiger partial charge in [-0.1, -0.05) is 18.2 Å². The molecule has 0 saturated carbocycles. The Morgan fingerprint density at radius 1 is 1.35 bits per heavy atom. The molecule has 6 nitrogen and oxygen atoms in total. The minimum Gasteiger partial charge on any atom is -0.311 e. The van der Waals surface area contributed by atoms with Crippen LogP contribution in [0.4, 0.5) is 5.69 Å². The summed E-state index contributed by atoms with van der Waals surface area (Å²) in [6.45, 7) is 4.06. The van der Waals surface area contributed by atoms with E-state index in [2.05, 4.69) is 26.1 Å². The molecule has 0 bridgehead atoms. The lowest BCUT2D eigenvalue weighted by molar-refractivity contribution is -0.119. The van der Waals surface area contributed by atoms with Crippen molar-refractivity contribution < 1.29 is 4.79 Å². The lowest BCUT2D eigenvalue weighted by Gasteiger charge is -2.25. The number of aromatic amines is 1. The lowest BCUT2D eigenvalue weighted by atomic mass is 10.2. The standard InChI is InChI=1S/C17H21N5O/c1-12-18-17(20-19-12)15-7-4-9-21(15)11-16(23)22-10-8-13-5-2-3-6-14(13)22/h2-3,5-6,15H,4,7-11H2,1H3,(H,18,19,20)/t15-/m0/s1. The van der Waals surface area contributed by atoms with Gasteiger partial charge in [0.2, 0.25) is 5.91 Å². The molecule has 1 saturated heterocycles. The number of nitrogens with one attached hydrogen (secondary N) is 1. The highest BCUT2D eigenvalue weighted by Crippen LogP contribution is 2.31. The van der Waals surface area contributed by atoms with Crippen molar-refractivity contribution in [3.05, 3.63) is 41.5 Å². The molecule has 0 radical (unpaired) electrons. The minimum absolute atomic E-state index is 0.154. The van der Waals surface area contributed by atoms with Gasteiger partial charge in [-0.2, -0.15) is 5.10 Å². The number of H-pyrrole nitrogens is 1. The van der Waals surface area contributed by atoms with Crippen molar-refractivity contribution >= 4 is 11.6 Å². The number of aryl methyl sites for hydroxylation is 1. The van der Waals surface area contributed by atoms with E-state index in [1.807, 2.05) is 30.0 Å². The molecule has 4 rings (SSSR count). The summed E-state index contributed by atoms with van der Waals surface area (Å²) in [6, 6.07) is 8.34. The van der Waals surface area contributed by atoms with Crippen molar-refractivity contribution in [1.82, 2.24) is 20.1 Å². The molecule has 6 heteroatoms. The summed E-state index contributed by atoms with van der Waals surface area (Å²) in [5.41, 5.74) is 2.34. The molecule has 120 valence electrons. The number of carbonyl (C=O) groups is 1. The fraction of sp³-hybridized carbons (Fsp3) is 0.471. The summed E-state index contributed by atoms with van der Waals surface area (Å²) in [5.74, 6) is 1.82. The molecule has 23 heavy (non-hydrogen) atoms. The highest BCUT2D eigenvalue weighted by molar-refractivity contribution is 5.96. The van der Waals surface area contributed by atoms with Crippen LogP contribution in [0.1, 0.15) is 36.1 Å². The van der Waals surface area contributed by atoms with Crippen LogP contribution >= 0.6 is 0 Å². The number of anilines is 1. The van der Waals surface area contributed by atoms with Gasteiger partial charge in [0.25, 0.3) is 0 Å². The second kappa shape index (κ2) is 5.77. The zero-order valence-corrected chi connectivity index (χ0v) is 13.3. The van der Waals surface area contributed by atoms with Crippen LogP contribution in [0.2, 0.25) is 0 Å². The maximum absolute atomic E-state index is 12.8. The molecule has 0 spiro atoms. The van der Waals surface area contributed by atoms with Crippen molar-refractivity contribution in [2.45, 2.75) is 32.2 Å². The third-order valence-electron chi connectivity index (χ3n) is 4.80. The number of rotatable bonds is 3. The van der Waals surface area contributed by atoms with Gasteiger partial charge in [0.05, 0.1) is 12.6 Å². The minimum atomic E-state index is 0.154. The van der Waals surface area contributed by atoms with Crippen LogP contribution in [0, 0.1) is 6.92 Å². The number of hydrogen-bond donors (Lipinski definition) is 1. The van der Waals surface area contributed by atoms with Crippen LogP contribution < -0.4 is 4.90 Å². The summed E-state index contributed by atoms with van der Waals surface area (Å²) >= 11 is 0. The molecule has 2 aromatic rings. The zero-order valence-electron chi connectivity index (χ0n) is 13.3. The summed E-state index contributed by atoms with van der Waals surface area (Å²) in [7, 11) is 0. The van der Waals surface area contributed by atoms with Gasteiger partial charge in [-0.3, -0.25) is 14.8 Å². The Morgan fingerprint density at radius 2 is 2.22 bits per heavy atom. The number of para-hydroxylation sites is 1. The van der Waals surface area contributed by atoms with Crippen LogP contribution in [0.15, 0.2) is 24.3 Å². The molecule has 1 aromatic heterocycles. The maximum atomic E-state index is 12.8. The van der Waals surface area contributed by atoms with Gasteiger partial charge in [-0.25, -0.2) is 4.98 Å². The Labute approximate surface area is 135 Å². The number of hydrogen-bond acceptors (Lipinski definition) is 4. The van der Waals surface area contributed by atoms with Crippen molar-refractivity contribution in [1.29, 1.82) is 0 Å². The van der Waals surface area contributed by atoms with Gasteiger partial charge in [-0.05, 0) is 44.4 Å². The largest absolute Gasteiger partial charge is 0.311 e. The normalized spacial score (nSPS) is 20.9. The molecule has 3 heterocycles. The van der Waals surface area contributed by atoms with E-state index in [9.17, 15) is 4.79 Å². The average molecular weight is 311 g/mol. The van der Waals surface area contributed by atoms with E-state index in [-0.39, 0.29) is 11.9 Å². The molecule has 0 aliphatic carbocycles. The number of amides is 1. The lowest BCUT2D eigenvalue weighted by Crippen LogP contribution is -2.39. The monoisotopic (exact) mass is 311 g/mol. The second-order valence-electron chi connectivity index (χ2n) is 6.33. The highest BCUT2D eigenvalue weighted by atomic mass is 16.2. The molecular weight excluding hydrogens is 290 g/mol. The topological polar surface area (TPSA) is 65.1 Å². The van der Waals surface area contributed by atoms with Crippen molar-refractivity contribution in [2.75, 3.05) is 24.5 Å². The third-order valence-corrected chi connectivity index (χ3v) is 4.80. The van der Waals surface area contributed by atoms with Gasteiger partial charge in [-0.15, -0.1) is 0 Å². The number of carbonyl (C=O) groups excluding carboxylic acids is 1. The number of aromatic nitrogens is 3. The molecule has 2 aliphatic heterocycles. The number of benzene rings is 1. The van der Waals surface area contributed by atoms with E-state index in [0.717, 1.165) is 49.7 Å². The molecular formula is C17H21N5O. The van der Waals surface area contributed by atoms with Gasteiger partial charge in [0.15, 0.2) is 5.82 Å². The first-order valence-corrected chi connectivity index (χ1v) is 8.23. The molecule has 1 aromatic carbocycles.